The minimum Gasteiger partial charge on any atom is -0.492 e. The summed E-state index contributed by atoms with van der Waals surface area (Å²) in [5.74, 6) is 2.56. The fourth-order valence-corrected chi connectivity index (χ4v) is 3.88. The van der Waals surface area contributed by atoms with Gasteiger partial charge in [0, 0.05) is 66.0 Å². The zero-order valence-electron chi connectivity index (χ0n) is 18.1. The minimum absolute atomic E-state index is 0.585. The lowest BCUT2D eigenvalue weighted by Gasteiger charge is -2.37. The summed E-state index contributed by atoms with van der Waals surface area (Å²) in [4.78, 5) is 11.8. The SMILES string of the molecule is CN=C(NCC(C)CN1CCOCC1)N1CCN(CCOc2ccccc2)CC1. The molecule has 2 aliphatic heterocycles. The van der Waals surface area contributed by atoms with Gasteiger partial charge in [-0.15, -0.1) is 0 Å². The lowest BCUT2D eigenvalue weighted by molar-refractivity contribution is 0.0320. The van der Waals surface area contributed by atoms with Crippen molar-refractivity contribution < 1.29 is 9.47 Å². The predicted molar refractivity (Wildman–Crippen MR) is 118 cm³/mol. The molecule has 0 aliphatic carbocycles. The monoisotopic (exact) mass is 403 g/mol. The molecule has 2 saturated heterocycles. The van der Waals surface area contributed by atoms with Gasteiger partial charge in [0.1, 0.15) is 12.4 Å². The Bertz CT molecular complexity index is 598. The first kappa shape index (κ1) is 21.9. The number of hydrogen-bond donors (Lipinski definition) is 1. The largest absolute Gasteiger partial charge is 0.492 e. The zero-order chi connectivity index (χ0) is 20.3. The molecule has 2 aliphatic rings. The quantitative estimate of drug-likeness (QED) is 0.521. The molecule has 1 N–H and O–H groups in total. The van der Waals surface area contributed by atoms with E-state index in [9.17, 15) is 0 Å². The molecule has 0 saturated carbocycles. The molecule has 1 aromatic carbocycles. The normalized spacial score (nSPS) is 20.5. The van der Waals surface area contributed by atoms with E-state index in [-0.39, 0.29) is 0 Å². The summed E-state index contributed by atoms with van der Waals surface area (Å²) in [5, 5.41) is 3.58. The first-order valence-corrected chi connectivity index (χ1v) is 10.9. The van der Waals surface area contributed by atoms with Crippen LogP contribution in [0.2, 0.25) is 0 Å². The van der Waals surface area contributed by atoms with Gasteiger partial charge in [0.2, 0.25) is 0 Å². The first-order chi connectivity index (χ1) is 14.2. The molecular formula is C22H37N5O2. The average molecular weight is 404 g/mol. The maximum atomic E-state index is 5.83. The molecule has 1 aromatic rings. The van der Waals surface area contributed by atoms with E-state index in [0.29, 0.717) is 5.92 Å². The van der Waals surface area contributed by atoms with Crippen LogP contribution < -0.4 is 10.1 Å². The predicted octanol–water partition coefficient (Wildman–Crippen LogP) is 1.23. The number of piperazine rings is 1. The van der Waals surface area contributed by atoms with E-state index >= 15 is 0 Å². The number of aliphatic imine (C=N–C) groups is 1. The zero-order valence-corrected chi connectivity index (χ0v) is 18.1. The maximum absolute atomic E-state index is 5.83. The van der Waals surface area contributed by atoms with Crippen LogP contribution in [-0.4, -0.2) is 106 Å². The maximum Gasteiger partial charge on any atom is 0.193 e. The van der Waals surface area contributed by atoms with Crippen molar-refractivity contribution in [1.29, 1.82) is 0 Å². The molecule has 7 nitrogen and oxygen atoms in total. The van der Waals surface area contributed by atoms with E-state index < -0.39 is 0 Å². The summed E-state index contributed by atoms with van der Waals surface area (Å²) in [6.07, 6.45) is 0. The van der Waals surface area contributed by atoms with Gasteiger partial charge in [-0.25, -0.2) is 0 Å². The van der Waals surface area contributed by atoms with Gasteiger partial charge in [-0.1, -0.05) is 25.1 Å². The Hall–Kier alpha value is -1.83. The fourth-order valence-electron chi connectivity index (χ4n) is 3.88. The number of nitrogens with zero attached hydrogens (tertiary/aromatic N) is 4. The van der Waals surface area contributed by atoms with Crippen molar-refractivity contribution in [1.82, 2.24) is 20.0 Å². The van der Waals surface area contributed by atoms with E-state index in [2.05, 4.69) is 31.9 Å². The highest BCUT2D eigenvalue weighted by Crippen LogP contribution is 2.09. The van der Waals surface area contributed by atoms with E-state index in [4.69, 9.17) is 9.47 Å². The van der Waals surface area contributed by atoms with Gasteiger partial charge in [0.25, 0.3) is 0 Å². The Kier molecular flexibility index (Phi) is 9.05. The van der Waals surface area contributed by atoms with E-state index in [0.717, 1.165) is 90.4 Å². The summed E-state index contributed by atoms with van der Waals surface area (Å²) < 4.78 is 11.3. The third kappa shape index (κ3) is 7.49. The van der Waals surface area contributed by atoms with Gasteiger partial charge in [-0.3, -0.25) is 14.8 Å². The number of morpholine rings is 1. The van der Waals surface area contributed by atoms with Crippen molar-refractivity contribution in [2.75, 3.05) is 85.8 Å². The molecule has 0 spiro atoms. The summed E-state index contributed by atoms with van der Waals surface area (Å²) in [5.41, 5.74) is 0. The van der Waals surface area contributed by atoms with Gasteiger partial charge >= 0.3 is 0 Å². The highest BCUT2D eigenvalue weighted by molar-refractivity contribution is 5.80. The van der Waals surface area contributed by atoms with E-state index in [1.54, 1.807) is 0 Å². The smallest absolute Gasteiger partial charge is 0.193 e. The van der Waals surface area contributed by atoms with Crippen LogP contribution in [0.4, 0.5) is 0 Å². The molecule has 2 heterocycles. The topological polar surface area (TPSA) is 52.6 Å². The van der Waals surface area contributed by atoms with Crippen LogP contribution in [0.15, 0.2) is 35.3 Å². The second-order valence-corrected chi connectivity index (χ2v) is 7.94. The summed E-state index contributed by atoms with van der Waals surface area (Å²) in [6, 6.07) is 10.0. The lowest BCUT2D eigenvalue weighted by Crippen LogP contribution is -2.53. The summed E-state index contributed by atoms with van der Waals surface area (Å²) >= 11 is 0. The molecule has 3 rings (SSSR count). The molecule has 0 aromatic heterocycles. The molecule has 1 atom stereocenters. The number of guanidine groups is 1. The number of para-hydroxylation sites is 1. The highest BCUT2D eigenvalue weighted by atomic mass is 16.5. The number of nitrogens with one attached hydrogen (secondary N) is 1. The van der Waals surface area contributed by atoms with Crippen LogP contribution in [0.5, 0.6) is 5.75 Å². The molecule has 29 heavy (non-hydrogen) atoms. The van der Waals surface area contributed by atoms with Gasteiger partial charge in [0.05, 0.1) is 13.2 Å². The van der Waals surface area contributed by atoms with Crippen LogP contribution in [-0.2, 0) is 4.74 Å². The Morgan fingerprint density at radius 3 is 2.48 bits per heavy atom. The first-order valence-electron chi connectivity index (χ1n) is 10.9. The number of benzene rings is 1. The van der Waals surface area contributed by atoms with Crippen LogP contribution >= 0.6 is 0 Å². The second-order valence-electron chi connectivity index (χ2n) is 7.94. The minimum atomic E-state index is 0.585. The fraction of sp³-hybridized carbons (Fsp3) is 0.682. The number of ether oxygens (including phenoxy) is 2. The van der Waals surface area contributed by atoms with Gasteiger partial charge in [-0.05, 0) is 18.1 Å². The van der Waals surface area contributed by atoms with Gasteiger partial charge in [-0.2, -0.15) is 0 Å². The van der Waals surface area contributed by atoms with Gasteiger partial charge in [0.15, 0.2) is 5.96 Å². The lowest BCUT2D eigenvalue weighted by atomic mass is 10.1. The molecule has 2 fully saturated rings. The van der Waals surface area contributed by atoms with Crippen molar-refractivity contribution in [3.63, 3.8) is 0 Å². The van der Waals surface area contributed by atoms with Crippen molar-refractivity contribution in [2.24, 2.45) is 10.9 Å². The van der Waals surface area contributed by atoms with Gasteiger partial charge < -0.3 is 19.7 Å². The highest BCUT2D eigenvalue weighted by Gasteiger charge is 2.20. The number of rotatable bonds is 8. The summed E-state index contributed by atoms with van der Waals surface area (Å²) in [7, 11) is 1.88. The molecule has 0 amide bonds. The molecule has 1 unspecified atom stereocenters. The molecule has 162 valence electrons. The Morgan fingerprint density at radius 2 is 1.79 bits per heavy atom. The van der Waals surface area contributed by atoms with Crippen LogP contribution in [0.3, 0.4) is 0 Å². The number of hydrogen-bond acceptors (Lipinski definition) is 5. The average Bonchev–Trinajstić information content (AvgIpc) is 2.76. The van der Waals surface area contributed by atoms with Crippen LogP contribution in [0, 0.1) is 5.92 Å². The standard InChI is InChI=1S/C22H37N5O2/c1-20(19-26-12-15-28-16-13-26)18-24-22(23-2)27-10-8-25(9-11-27)14-17-29-21-6-4-3-5-7-21/h3-7,20H,8-19H2,1-2H3,(H,23,24). The van der Waals surface area contributed by atoms with Crippen molar-refractivity contribution in [3.05, 3.63) is 30.3 Å². The molecule has 0 bridgehead atoms. The Balaban J connectivity index is 1.31. The second kappa shape index (κ2) is 12.0. The van der Waals surface area contributed by atoms with E-state index in [1.807, 2.05) is 37.4 Å². The molecule has 0 radical (unpaired) electrons. The molecular weight excluding hydrogens is 366 g/mol. The summed E-state index contributed by atoms with van der Waals surface area (Å²) in [6.45, 7) is 14.0. The third-order valence-corrected chi connectivity index (χ3v) is 5.59. The van der Waals surface area contributed by atoms with E-state index in [1.165, 1.54) is 0 Å². The van der Waals surface area contributed by atoms with Crippen molar-refractivity contribution >= 4 is 5.96 Å². The van der Waals surface area contributed by atoms with Crippen LogP contribution in [0.1, 0.15) is 6.92 Å². The molecule has 7 heteroatoms. The van der Waals surface area contributed by atoms with Crippen molar-refractivity contribution in [2.45, 2.75) is 6.92 Å². The Labute approximate surface area is 175 Å². The Morgan fingerprint density at radius 1 is 1.07 bits per heavy atom. The van der Waals surface area contributed by atoms with Crippen LogP contribution in [0.25, 0.3) is 0 Å². The van der Waals surface area contributed by atoms with Crippen molar-refractivity contribution in [3.8, 4) is 5.75 Å². The third-order valence-electron chi connectivity index (χ3n) is 5.59.